The maximum absolute atomic E-state index is 16.0. The molecule has 11 heteroatoms. The molecule has 1 atom stereocenters. The van der Waals surface area contributed by atoms with Crippen molar-refractivity contribution in [1.29, 1.82) is 0 Å². The van der Waals surface area contributed by atoms with Gasteiger partial charge in [0.1, 0.15) is 22.4 Å². The molecule has 41 heavy (non-hydrogen) atoms. The average molecular weight is 564 g/mol. The van der Waals surface area contributed by atoms with E-state index < -0.39 is 22.9 Å². The number of ether oxygens (including phenoxy) is 2. The lowest BCUT2D eigenvalue weighted by Gasteiger charge is -2.33. The lowest BCUT2D eigenvalue weighted by atomic mass is 10.0. The summed E-state index contributed by atoms with van der Waals surface area (Å²) in [4.78, 5) is 45.2. The molecule has 0 spiro atoms. The fraction of sp³-hybridized carbons (Fsp3) is 0.433. The van der Waals surface area contributed by atoms with E-state index in [9.17, 15) is 14.4 Å². The topological polar surface area (TPSA) is 96.4 Å². The van der Waals surface area contributed by atoms with Crippen LogP contribution in [0.1, 0.15) is 37.6 Å². The summed E-state index contributed by atoms with van der Waals surface area (Å²) in [5.41, 5.74) is 0.114. The van der Waals surface area contributed by atoms with Crippen molar-refractivity contribution in [3.63, 3.8) is 0 Å². The normalized spacial score (nSPS) is 18.7. The van der Waals surface area contributed by atoms with Gasteiger partial charge in [0.15, 0.2) is 17.3 Å². The van der Waals surface area contributed by atoms with Crippen LogP contribution in [0.5, 0.6) is 11.5 Å². The minimum atomic E-state index is -0.632. The number of aromatic nitrogens is 1. The van der Waals surface area contributed by atoms with Gasteiger partial charge in [0.25, 0.3) is 5.91 Å². The maximum atomic E-state index is 16.0. The van der Waals surface area contributed by atoms with Gasteiger partial charge in [-0.05, 0) is 52.4 Å². The van der Waals surface area contributed by atoms with E-state index in [1.165, 1.54) is 6.07 Å². The van der Waals surface area contributed by atoms with Crippen LogP contribution in [0.4, 0.5) is 14.9 Å². The van der Waals surface area contributed by atoms with Gasteiger partial charge in [0.2, 0.25) is 5.43 Å². The molecule has 216 valence electrons. The molecule has 1 unspecified atom stereocenters. The van der Waals surface area contributed by atoms with Gasteiger partial charge >= 0.3 is 6.09 Å². The van der Waals surface area contributed by atoms with E-state index >= 15 is 4.39 Å². The number of carbonyl (C=O) groups excluding carboxylic acids is 2. The largest absolute Gasteiger partial charge is 0.451 e. The van der Waals surface area contributed by atoms with E-state index in [1.54, 1.807) is 42.5 Å². The van der Waals surface area contributed by atoms with Gasteiger partial charge in [0.05, 0.1) is 17.1 Å². The van der Waals surface area contributed by atoms with Crippen LogP contribution < -0.4 is 20.4 Å². The van der Waals surface area contributed by atoms with Crippen LogP contribution in [-0.4, -0.2) is 84.3 Å². The molecule has 0 saturated carbocycles. The molecule has 1 aromatic heterocycles. The number of piperazine rings is 1. The Morgan fingerprint density at radius 2 is 1.83 bits per heavy atom. The molecule has 2 aromatic carbocycles. The summed E-state index contributed by atoms with van der Waals surface area (Å²) in [5, 5.41) is 2.95. The molecule has 0 bridgehead atoms. The molecule has 1 N–H and O–H groups in total. The number of carbonyl (C=O) groups is 2. The summed E-state index contributed by atoms with van der Waals surface area (Å²) in [7, 11) is 1.99. The Balaban J connectivity index is 1.42. The molecule has 6 rings (SSSR count). The third-order valence-corrected chi connectivity index (χ3v) is 7.75. The highest BCUT2D eigenvalue weighted by atomic mass is 19.1. The molecule has 3 aliphatic rings. The van der Waals surface area contributed by atoms with Crippen LogP contribution in [0, 0.1) is 5.82 Å². The first-order chi connectivity index (χ1) is 19.5. The van der Waals surface area contributed by atoms with Crippen LogP contribution in [0.2, 0.25) is 0 Å². The second kappa shape index (κ2) is 10.1. The van der Waals surface area contributed by atoms with E-state index in [4.69, 9.17) is 9.47 Å². The van der Waals surface area contributed by atoms with E-state index in [0.29, 0.717) is 62.6 Å². The fourth-order valence-electron chi connectivity index (χ4n) is 5.74. The number of nitrogens with zero attached hydrogens (tertiary/aromatic N) is 4. The number of para-hydroxylation sites is 2. The summed E-state index contributed by atoms with van der Waals surface area (Å²) in [6, 6.07) is 8.22. The van der Waals surface area contributed by atoms with Gasteiger partial charge in [-0.3, -0.25) is 9.59 Å². The van der Waals surface area contributed by atoms with Gasteiger partial charge in [-0.1, -0.05) is 12.1 Å². The van der Waals surface area contributed by atoms with Gasteiger partial charge in [-0.15, -0.1) is 0 Å². The quantitative estimate of drug-likeness (QED) is 0.406. The van der Waals surface area contributed by atoms with Crippen molar-refractivity contribution in [3.8, 4) is 17.2 Å². The van der Waals surface area contributed by atoms with Crippen LogP contribution in [0.25, 0.3) is 16.6 Å². The van der Waals surface area contributed by atoms with Gasteiger partial charge < -0.3 is 34.1 Å². The third-order valence-electron chi connectivity index (χ3n) is 7.75. The molecule has 2 amide bonds. The highest BCUT2D eigenvalue weighted by Crippen LogP contribution is 2.47. The molecule has 0 aliphatic carbocycles. The number of fused-ring (bicyclic) bond motifs is 2. The molecule has 3 aliphatic heterocycles. The summed E-state index contributed by atoms with van der Waals surface area (Å²) >= 11 is 0. The van der Waals surface area contributed by atoms with Crippen molar-refractivity contribution in [2.24, 2.45) is 0 Å². The molecule has 4 heterocycles. The Morgan fingerprint density at radius 3 is 2.56 bits per heavy atom. The standard InChI is InChI=1S/C30H34FN5O5/c1-30(2,3)41-29(39)32-18-9-10-35(16-18)25-21(31)15-19-24-27(25)40-23-8-6-5-7-22(23)36(24)17-20(26(19)37)28(38)34-13-11-33(4)12-14-34/h5-8,15,17-18H,9-14,16H2,1-4H3,(H,32,39). The molecule has 10 nitrogen and oxygen atoms in total. The first kappa shape index (κ1) is 27.1. The van der Waals surface area contributed by atoms with Crippen molar-refractivity contribution >= 4 is 28.6 Å². The van der Waals surface area contributed by atoms with Crippen LogP contribution in [0.3, 0.4) is 0 Å². The lowest BCUT2D eigenvalue weighted by Crippen LogP contribution is -2.48. The van der Waals surface area contributed by atoms with Crippen molar-refractivity contribution < 1.29 is 23.5 Å². The Labute approximate surface area is 237 Å². The highest BCUT2D eigenvalue weighted by molar-refractivity contribution is 6.01. The van der Waals surface area contributed by atoms with Crippen molar-refractivity contribution in [2.45, 2.75) is 38.8 Å². The Kier molecular flexibility index (Phi) is 6.64. The Bertz CT molecular complexity index is 1610. The van der Waals surface area contributed by atoms with Crippen molar-refractivity contribution in [1.82, 2.24) is 19.7 Å². The maximum Gasteiger partial charge on any atom is 0.407 e. The zero-order chi connectivity index (χ0) is 29.1. The van der Waals surface area contributed by atoms with Gasteiger partial charge in [-0.2, -0.15) is 0 Å². The summed E-state index contributed by atoms with van der Waals surface area (Å²) < 4.78 is 29.4. The van der Waals surface area contributed by atoms with Crippen LogP contribution in [-0.2, 0) is 4.74 Å². The smallest absolute Gasteiger partial charge is 0.407 e. The average Bonchev–Trinajstić information content (AvgIpc) is 3.36. The molecular formula is C30H34FN5O5. The predicted molar refractivity (Wildman–Crippen MR) is 153 cm³/mol. The molecular weight excluding hydrogens is 529 g/mol. The zero-order valence-electron chi connectivity index (χ0n) is 23.7. The van der Waals surface area contributed by atoms with Gasteiger partial charge in [-0.25, -0.2) is 9.18 Å². The van der Waals surface area contributed by atoms with E-state index in [1.807, 2.05) is 30.1 Å². The number of amides is 2. The highest BCUT2D eigenvalue weighted by Gasteiger charge is 2.35. The SMILES string of the molecule is CN1CCN(C(=O)c2cn3c4c(c(N5CCC(NC(=O)OC(C)(C)C)C5)c(F)cc4c2=O)Oc2ccccc2-3)CC1. The minimum Gasteiger partial charge on any atom is -0.451 e. The number of rotatable bonds is 3. The van der Waals surface area contributed by atoms with E-state index in [0.717, 1.165) is 0 Å². The summed E-state index contributed by atoms with van der Waals surface area (Å²) in [6.07, 6.45) is 1.62. The van der Waals surface area contributed by atoms with Crippen molar-refractivity contribution in [2.75, 3.05) is 51.2 Å². The summed E-state index contributed by atoms with van der Waals surface area (Å²) in [6.45, 7) is 8.63. The van der Waals surface area contributed by atoms with Crippen LogP contribution >= 0.6 is 0 Å². The fourth-order valence-corrected chi connectivity index (χ4v) is 5.74. The minimum absolute atomic E-state index is 0.000321. The zero-order valence-corrected chi connectivity index (χ0v) is 23.7. The van der Waals surface area contributed by atoms with Gasteiger partial charge in [0, 0.05) is 45.5 Å². The number of benzene rings is 2. The summed E-state index contributed by atoms with van der Waals surface area (Å²) in [5.74, 6) is -0.290. The number of nitrogens with one attached hydrogen (secondary N) is 1. The second-order valence-corrected chi connectivity index (χ2v) is 11.9. The Hall–Kier alpha value is -4.12. The number of hydrogen-bond donors (Lipinski definition) is 1. The predicted octanol–water partition coefficient (Wildman–Crippen LogP) is 3.73. The van der Waals surface area contributed by atoms with Crippen LogP contribution in [0.15, 0.2) is 41.3 Å². The number of pyridine rings is 1. The molecule has 2 fully saturated rings. The first-order valence-electron chi connectivity index (χ1n) is 13.9. The van der Waals surface area contributed by atoms with E-state index in [-0.39, 0.29) is 34.3 Å². The number of likely N-dealkylation sites (N-methyl/N-ethyl adjacent to an activating group) is 1. The van der Waals surface area contributed by atoms with Crippen molar-refractivity contribution in [3.05, 3.63) is 58.1 Å². The number of alkyl carbamates (subject to hydrolysis) is 1. The first-order valence-corrected chi connectivity index (χ1v) is 13.9. The number of halogens is 1. The Morgan fingerprint density at radius 1 is 1.10 bits per heavy atom. The molecule has 3 aromatic rings. The molecule has 2 saturated heterocycles. The number of anilines is 1. The lowest BCUT2D eigenvalue weighted by molar-refractivity contribution is 0.0508. The number of hydrogen-bond acceptors (Lipinski definition) is 7. The second-order valence-electron chi connectivity index (χ2n) is 11.9. The van der Waals surface area contributed by atoms with E-state index in [2.05, 4.69) is 10.2 Å². The monoisotopic (exact) mass is 563 g/mol. The third kappa shape index (κ3) is 4.99. The molecule has 0 radical (unpaired) electrons.